The van der Waals surface area contributed by atoms with Gasteiger partial charge in [-0.05, 0) is 42.3 Å². The zero-order valence-corrected chi connectivity index (χ0v) is 19.1. The van der Waals surface area contributed by atoms with Crippen LogP contribution in [0, 0.1) is 11.8 Å². The molecule has 0 radical (unpaired) electrons. The Morgan fingerprint density at radius 2 is 1.82 bits per heavy atom. The quantitative estimate of drug-likeness (QED) is 0.633. The predicted molar refractivity (Wildman–Crippen MR) is 124 cm³/mol. The summed E-state index contributed by atoms with van der Waals surface area (Å²) >= 11 is 1.49. The minimum Gasteiger partial charge on any atom is -0.455 e. The van der Waals surface area contributed by atoms with Crippen molar-refractivity contribution >= 4 is 40.8 Å². The minimum absolute atomic E-state index is 0.0565. The highest BCUT2D eigenvalue weighted by Crippen LogP contribution is 2.36. The Labute approximate surface area is 196 Å². The molecule has 9 heteroatoms. The number of carbonyl (C=O) groups excluding carboxylic acids is 4. The highest BCUT2D eigenvalue weighted by Gasteiger charge is 2.40. The van der Waals surface area contributed by atoms with Gasteiger partial charge in [-0.2, -0.15) is 0 Å². The van der Waals surface area contributed by atoms with Crippen LogP contribution in [-0.2, 0) is 32.1 Å². The van der Waals surface area contributed by atoms with Crippen LogP contribution < -0.4 is 15.5 Å². The molecular formula is C24H27N3O5S. The number of esters is 1. The Bertz CT molecular complexity index is 1020. The maximum absolute atomic E-state index is 13.3. The number of thiophene rings is 1. The van der Waals surface area contributed by atoms with E-state index in [1.54, 1.807) is 4.90 Å². The number of benzene rings is 1. The van der Waals surface area contributed by atoms with E-state index in [2.05, 4.69) is 10.6 Å². The number of nitrogens with one attached hydrogen (secondary N) is 2. The molecule has 1 saturated carbocycles. The largest absolute Gasteiger partial charge is 0.455 e. The molecule has 2 unspecified atom stereocenters. The fourth-order valence-electron chi connectivity index (χ4n) is 4.51. The van der Waals surface area contributed by atoms with Gasteiger partial charge >= 0.3 is 12.0 Å². The Morgan fingerprint density at radius 3 is 2.61 bits per heavy atom. The first kappa shape index (κ1) is 23.0. The Kier molecular flexibility index (Phi) is 7.39. The number of imide groups is 1. The monoisotopic (exact) mass is 469 g/mol. The van der Waals surface area contributed by atoms with Gasteiger partial charge in [0.25, 0.3) is 5.91 Å². The lowest BCUT2D eigenvalue weighted by molar-refractivity contribution is -0.157. The normalized spacial score (nSPS) is 19.5. The molecule has 2 N–H and O–H groups in total. The predicted octanol–water partition coefficient (Wildman–Crippen LogP) is 3.01. The molecule has 2 heterocycles. The molecular weight excluding hydrogens is 442 g/mol. The average molecular weight is 470 g/mol. The van der Waals surface area contributed by atoms with Crippen molar-refractivity contribution in [3.63, 3.8) is 0 Å². The maximum Gasteiger partial charge on any atom is 0.321 e. The number of rotatable bonds is 6. The topological polar surface area (TPSA) is 105 Å². The smallest absolute Gasteiger partial charge is 0.321 e. The van der Waals surface area contributed by atoms with Crippen LogP contribution in [0.1, 0.15) is 36.1 Å². The van der Waals surface area contributed by atoms with Gasteiger partial charge in [-0.15, -0.1) is 11.3 Å². The molecule has 174 valence electrons. The van der Waals surface area contributed by atoms with Gasteiger partial charge in [-0.25, -0.2) is 4.79 Å². The van der Waals surface area contributed by atoms with Crippen molar-refractivity contribution in [2.75, 3.05) is 18.1 Å². The lowest BCUT2D eigenvalue weighted by atomic mass is 9.78. The van der Waals surface area contributed by atoms with Crippen LogP contribution in [-0.4, -0.2) is 37.0 Å². The highest BCUT2D eigenvalue weighted by atomic mass is 32.1. The van der Waals surface area contributed by atoms with Gasteiger partial charge in [0.1, 0.15) is 0 Å². The van der Waals surface area contributed by atoms with Crippen LogP contribution in [0.15, 0.2) is 41.8 Å². The molecule has 0 spiro atoms. The number of hydrogen-bond donors (Lipinski definition) is 2. The van der Waals surface area contributed by atoms with E-state index in [9.17, 15) is 19.2 Å². The SMILES string of the molecule is O=C(COC(=O)C1CCCCC1C(=O)N1CCc2ccccc21)NC(=O)NCc1cccs1. The molecule has 4 amide bonds. The van der Waals surface area contributed by atoms with Crippen molar-refractivity contribution in [3.8, 4) is 0 Å². The first-order valence-electron chi connectivity index (χ1n) is 11.2. The number of anilines is 1. The number of urea groups is 1. The van der Waals surface area contributed by atoms with E-state index in [0.717, 1.165) is 35.4 Å². The average Bonchev–Trinajstić information content (AvgIpc) is 3.51. The zero-order valence-electron chi connectivity index (χ0n) is 18.2. The molecule has 8 nitrogen and oxygen atoms in total. The summed E-state index contributed by atoms with van der Waals surface area (Å²) in [6.07, 6.45) is 3.68. The first-order valence-corrected chi connectivity index (χ1v) is 12.1. The lowest BCUT2D eigenvalue weighted by Gasteiger charge is -2.32. The molecule has 1 aliphatic carbocycles. The van der Waals surface area contributed by atoms with Crippen LogP contribution in [0.2, 0.25) is 0 Å². The van der Waals surface area contributed by atoms with Crippen molar-refractivity contribution in [2.24, 2.45) is 11.8 Å². The molecule has 2 aromatic rings. The lowest BCUT2D eigenvalue weighted by Crippen LogP contribution is -2.44. The maximum atomic E-state index is 13.3. The second-order valence-electron chi connectivity index (χ2n) is 8.28. The number of fused-ring (bicyclic) bond motifs is 1. The van der Waals surface area contributed by atoms with Gasteiger partial charge in [-0.3, -0.25) is 19.7 Å². The summed E-state index contributed by atoms with van der Waals surface area (Å²) in [6.45, 7) is 0.358. The van der Waals surface area contributed by atoms with Crippen molar-refractivity contribution < 1.29 is 23.9 Å². The van der Waals surface area contributed by atoms with E-state index in [1.807, 2.05) is 41.8 Å². The molecule has 0 saturated heterocycles. The Hall–Kier alpha value is -3.20. The number of ether oxygens (including phenoxy) is 1. The third-order valence-electron chi connectivity index (χ3n) is 6.14. The fraction of sp³-hybridized carbons (Fsp3) is 0.417. The molecule has 2 aliphatic rings. The van der Waals surface area contributed by atoms with E-state index in [-0.39, 0.29) is 5.91 Å². The molecule has 33 heavy (non-hydrogen) atoms. The highest BCUT2D eigenvalue weighted by molar-refractivity contribution is 7.09. The van der Waals surface area contributed by atoms with Crippen molar-refractivity contribution in [3.05, 3.63) is 52.2 Å². The van der Waals surface area contributed by atoms with Crippen LogP contribution in [0.5, 0.6) is 0 Å². The van der Waals surface area contributed by atoms with Crippen LogP contribution in [0.25, 0.3) is 0 Å². The van der Waals surface area contributed by atoms with Gasteiger partial charge in [0.2, 0.25) is 5.91 Å². The van der Waals surface area contributed by atoms with Gasteiger partial charge in [0, 0.05) is 17.1 Å². The summed E-state index contributed by atoms with van der Waals surface area (Å²) < 4.78 is 5.21. The third-order valence-corrected chi connectivity index (χ3v) is 7.02. The number of amides is 4. The van der Waals surface area contributed by atoms with E-state index >= 15 is 0 Å². The molecule has 1 aromatic heterocycles. The fourth-order valence-corrected chi connectivity index (χ4v) is 5.15. The van der Waals surface area contributed by atoms with E-state index < -0.39 is 36.4 Å². The van der Waals surface area contributed by atoms with Gasteiger partial charge in [0.15, 0.2) is 6.61 Å². The van der Waals surface area contributed by atoms with Crippen molar-refractivity contribution in [1.82, 2.24) is 10.6 Å². The summed E-state index contributed by atoms with van der Waals surface area (Å²) in [6, 6.07) is 10.9. The van der Waals surface area contributed by atoms with E-state index in [0.29, 0.717) is 25.9 Å². The van der Waals surface area contributed by atoms with Crippen molar-refractivity contribution in [2.45, 2.75) is 38.6 Å². The van der Waals surface area contributed by atoms with Gasteiger partial charge in [0.05, 0.1) is 18.4 Å². The number of para-hydroxylation sites is 1. The molecule has 2 atom stereocenters. The summed E-state index contributed by atoms with van der Waals surface area (Å²) in [7, 11) is 0. The van der Waals surface area contributed by atoms with Crippen LogP contribution in [0.4, 0.5) is 10.5 Å². The summed E-state index contributed by atoms with van der Waals surface area (Å²) in [4.78, 5) is 52.7. The second-order valence-corrected chi connectivity index (χ2v) is 9.32. The molecule has 0 bridgehead atoms. The number of hydrogen-bond acceptors (Lipinski definition) is 6. The first-order chi connectivity index (χ1) is 16.0. The Morgan fingerprint density at radius 1 is 1.03 bits per heavy atom. The molecule has 1 aromatic carbocycles. The molecule has 1 aliphatic heterocycles. The van der Waals surface area contributed by atoms with Crippen LogP contribution >= 0.6 is 11.3 Å². The van der Waals surface area contributed by atoms with E-state index in [4.69, 9.17) is 4.74 Å². The zero-order chi connectivity index (χ0) is 23.2. The summed E-state index contributed by atoms with van der Waals surface area (Å²) in [5.74, 6) is -2.37. The number of nitrogens with zero attached hydrogens (tertiary/aromatic N) is 1. The standard InChI is InChI=1S/C24H27N3O5S/c28-21(26-24(31)25-14-17-7-5-13-33-17)15-32-23(30)19-9-3-2-8-18(19)22(29)27-12-11-16-6-1-4-10-20(16)27/h1,4-7,10,13,18-19H,2-3,8-9,11-12,14-15H2,(H2,25,26,28,31). The second kappa shape index (κ2) is 10.6. The molecule has 4 rings (SSSR count). The summed E-state index contributed by atoms with van der Waals surface area (Å²) in [5.41, 5.74) is 2.04. The van der Waals surface area contributed by atoms with E-state index in [1.165, 1.54) is 11.3 Å². The number of carbonyl (C=O) groups is 4. The van der Waals surface area contributed by atoms with Gasteiger partial charge < -0.3 is 15.0 Å². The minimum atomic E-state index is -0.709. The van der Waals surface area contributed by atoms with Crippen LogP contribution in [0.3, 0.4) is 0 Å². The van der Waals surface area contributed by atoms with Gasteiger partial charge in [-0.1, -0.05) is 37.1 Å². The summed E-state index contributed by atoms with van der Waals surface area (Å²) in [5, 5.41) is 6.62. The van der Waals surface area contributed by atoms with Crippen molar-refractivity contribution in [1.29, 1.82) is 0 Å². The Balaban J connectivity index is 1.29. The third kappa shape index (κ3) is 5.60. The molecule has 1 fully saturated rings.